The minimum Gasteiger partial charge on any atom is -0.481 e. The van der Waals surface area contributed by atoms with Gasteiger partial charge in [0.15, 0.2) is 5.82 Å². The maximum absolute atomic E-state index is 15.6. The largest absolute Gasteiger partial charge is 0.481 e. The number of aromatic nitrogens is 6. The van der Waals surface area contributed by atoms with Crippen LogP contribution in [0.5, 0.6) is 0 Å². The van der Waals surface area contributed by atoms with Gasteiger partial charge in [-0.3, -0.25) is 9.59 Å². The molecule has 44 heavy (non-hydrogen) atoms. The standard InChI is InChI=1S/C30H30FN9O4/c1-16(2)39-15-33-36-27(39)22-4-3-5-25(34-22)35-28(41)20-9-23-18(8-21(20)31)10-38(30(44)37-11-19(12-37)29(42)43)13-24-26(17-6-7-17)32-14-40(23)24/h3-5,8-9,14-17,19H,6-7,10-13H2,1-2H3,(H,42,43)(H,34,35,41). The van der Waals surface area contributed by atoms with Crippen LogP contribution in [-0.2, 0) is 17.9 Å². The first-order chi connectivity index (χ1) is 21.2. The summed E-state index contributed by atoms with van der Waals surface area (Å²) in [5.74, 6) is -1.89. The molecule has 0 radical (unpaired) electrons. The Hall–Kier alpha value is -5.14. The van der Waals surface area contributed by atoms with Crippen molar-refractivity contribution in [2.24, 2.45) is 5.92 Å². The van der Waals surface area contributed by atoms with Gasteiger partial charge in [0, 0.05) is 25.0 Å². The van der Waals surface area contributed by atoms with Gasteiger partial charge in [0.1, 0.15) is 23.7 Å². The lowest BCUT2D eigenvalue weighted by atomic mass is 10.0. The van der Waals surface area contributed by atoms with Crippen molar-refractivity contribution in [3.05, 3.63) is 71.3 Å². The number of imidazole rings is 1. The minimum absolute atomic E-state index is 0.0904. The molecule has 5 heterocycles. The number of benzene rings is 1. The van der Waals surface area contributed by atoms with Gasteiger partial charge in [0.25, 0.3) is 5.91 Å². The lowest BCUT2D eigenvalue weighted by molar-refractivity contribution is -0.146. The van der Waals surface area contributed by atoms with Crippen LogP contribution in [-0.4, -0.2) is 75.2 Å². The van der Waals surface area contributed by atoms with Gasteiger partial charge in [-0.15, -0.1) is 10.2 Å². The number of nitrogens with one attached hydrogen (secondary N) is 1. The first kappa shape index (κ1) is 27.7. The number of carbonyl (C=O) groups is 3. The molecule has 2 aliphatic heterocycles. The van der Waals surface area contributed by atoms with E-state index >= 15 is 4.39 Å². The van der Waals surface area contributed by atoms with Crippen molar-refractivity contribution < 1.29 is 23.9 Å². The number of halogens is 1. The molecule has 14 heteroatoms. The normalized spacial score (nSPS) is 16.3. The zero-order valence-corrected chi connectivity index (χ0v) is 24.1. The van der Waals surface area contributed by atoms with Gasteiger partial charge in [-0.25, -0.2) is 19.2 Å². The third-order valence-electron chi connectivity index (χ3n) is 8.36. The molecule has 3 aliphatic rings. The Morgan fingerprint density at radius 3 is 2.59 bits per heavy atom. The average Bonchev–Trinajstić information content (AvgIpc) is 3.56. The molecule has 0 spiro atoms. The number of urea groups is 1. The summed E-state index contributed by atoms with van der Waals surface area (Å²) >= 11 is 0. The molecule has 226 valence electrons. The quantitative estimate of drug-likeness (QED) is 0.339. The third-order valence-corrected chi connectivity index (χ3v) is 8.36. The van der Waals surface area contributed by atoms with Crippen molar-refractivity contribution in [1.82, 2.24) is 39.1 Å². The maximum Gasteiger partial charge on any atom is 0.320 e. The van der Waals surface area contributed by atoms with Crippen molar-refractivity contribution in [2.75, 3.05) is 18.4 Å². The molecule has 4 aromatic rings. The number of aliphatic carboxylic acids is 1. The van der Waals surface area contributed by atoms with Gasteiger partial charge in [-0.1, -0.05) is 6.07 Å². The monoisotopic (exact) mass is 599 g/mol. The SMILES string of the molecule is CC(C)n1cnnc1-c1cccc(NC(=O)c2cc3c(cc2F)CN(C(=O)N2CC(C(=O)O)C2)Cc2c(C4CC4)ncn2-3)n1. The van der Waals surface area contributed by atoms with E-state index in [4.69, 9.17) is 0 Å². The van der Waals surface area contributed by atoms with Gasteiger partial charge in [-0.05, 0) is 56.5 Å². The summed E-state index contributed by atoms with van der Waals surface area (Å²) in [4.78, 5) is 50.4. The Bertz CT molecular complexity index is 1810. The number of hydrogen-bond donors (Lipinski definition) is 2. The number of rotatable bonds is 6. The molecule has 7 rings (SSSR count). The van der Waals surface area contributed by atoms with E-state index in [9.17, 15) is 19.5 Å². The molecule has 2 fully saturated rings. The number of fused-ring (bicyclic) bond motifs is 3. The second-order valence-corrected chi connectivity index (χ2v) is 11.8. The number of likely N-dealkylation sites (tertiary alicyclic amines) is 1. The van der Waals surface area contributed by atoms with Gasteiger partial charge in [0.05, 0.1) is 48.0 Å². The van der Waals surface area contributed by atoms with Crippen LogP contribution in [0.2, 0.25) is 0 Å². The lowest BCUT2D eigenvalue weighted by Gasteiger charge is -2.39. The van der Waals surface area contributed by atoms with Crippen molar-refractivity contribution in [3.8, 4) is 17.2 Å². The second-order valence-electron chi connectivity index (χ2n) is 11.8. The number of hydrogen-bond acceptors (Lipinski definition) is 7. The summed E-state index contributed by atoms with van der Waals surface area (Å²) in [6.07, 6.45) is 5.26. The number of anilines is 1. The summed E-state index contributed by atoms with van der Waals surface area (Å²) in [5, 5.41) is 20.1. The Balaban J connectivity index is 1.20. The Morgan fingerprint density at radius 1 is 1.07 bits per heavy atom. The Morgan fingerprint density at radius 2 is 1.86 bits per heavy atom. The van der Waals surface area contributed by atoms with E-state index in [1.165, 1.54) is 17.0 Å². The summed E-state index contributed by atoms with van der Waals surface area (Å²) in [6.45, 7) is 4.57. The molecule has 1 saturated heterocycles. The van der Waals surface area contributed by atoms with Crippen LogP contribution >= 0.6 is 0 Å². The second kappa shape index (κ2) is 10.5. The fourth-order valence-corrected chi connectivity index (χ4v) is 5.76. The third kappa shape index (κ3) is 4.85. The van der Waals surface area contributed by atoms with E-state index in [-0.39, 0.29) is 55.6 Å². The fraction of sp³-hybridized carbons (Fsp3) is 0.367. The Labute approximate surface area is 251 Å². The molecule has 0 unspecified atom stereocenters. The predicted octanol–water partition coefficient (Wildman–Crippen LogP) is 3.83. The highest BCUT2D eigenvalue weighted by molar-refractivity contribution is 6.04. The van der Waals surface area contributed by atoms with Crippen LogP contribution in [0, 0.1) is 11.7 Å². The number of carboxylic acids is 1. The number of carboxylic acid groups (broad SMARTS) is 1. The molecule has 3 amide bonds. The minimum atomic E-state index is -0.932. The van der Waals surface area contributed by atoms with Crippen LogP contribution in [0.15, 0.2) is 43.0 Å². The summed E-state index contributed by atoms with van der Waals surface area (Å²) in [7, 11) is 0. The van der Waals surface area contributed by atoms with Crippen LogP contribution in [0.25, 0.3) is 17.2 Å². The predicted molar refractivity (Wildman–Crippen MR) is 154 cm³/mol. The number of carbonyl (C=O) groups excluding carboxylic acids is 2. The van der Waals surface area contributed by atoms with Crippen molar-refractivity contribution >= 4 is 23.7 Å². The van der Waals surface area contributed by atoms with Gasteiger partial charge < -0.3 is 29.4 Å². The molecule has 1 saturated carbocycles. The van der Waals surface area contributed by atoms with E-state index in [0.717, 1.165) is 24.2 Å². The molecule has 2 N–H and O–H groups in total. The van der Waals surface area contributed by atoms with Crippen LogP contribution in [0.3, 0.4) is 0 Å². The summed E-state index contributed by atoms with van der Waals surface area (Å²) in [6, 6.07) is 7.65. The average molecular weight is 600 g/mol. The first-order valence-electron chi connectivity index (χ1n) is 14.5. The molecule has 1 aromatic carbocycles. The van der Waals surface area contributed by atoms with E-state index in [1.807, 2.05) is 23.0 Å². The van der Waals surface area contributed by atoms with Gasteiger partial charge >= 0.3 is 12.0 Å². The molecular weight excluding hydrogens is 569 g/mol. The molecule has 1 aliphatic carbocycles. The molecular formula is C30H30FN9O4. The first-order valence-corrected chi connectivity index (χ1v) is 14.5. The number of amides is 3. The number of nitrogens with zero attached hydrogens (tertiary/aromatic N) is 8. The van der Waals surface area contributed by atoms with E-state index in [0.29, 0.717) is 22.8 Å². The maximum atomic E-state index is 15.6. The summed E-state index contributed by atoms with van der Waals surface area (Å²) in [5.41, 5.74) is 3.08. The van der Waals surface area contributed by atoms with Crippen molar-refractivity contribution in [2.45, 2.75) is 51.7 Å². The fourth-order valence-electron chi connectivity index (χ4n) is 5.76. The zero-order chi connectivity index (χ0) is 30.7. The van der Waals surface area contributed by atoms with E-state index in [1.54, 1.807) is 35.8 Å². The van der Waals surface area contributed by atoms with E-state index < -0.39 is 23.6 Å². The smallest absolute Gasteiger partial charge is 0.320 e. The van der Waals surface area contributed by atoms with Crippen LogP contribution < -0.4 is 5.32 Å². The number of pyridine rings is 1. The summed E-state index contributed by atoms with van der Waals surface area (Å²) < 4.78 is 19.3. The molecule has 3 aromatic heterocycles. The van der Waals surface area contributed by atoms with Crippen LogP contribution in [0.4, 0.5) is 15.0 Å². The topological polar surface area (TPSA) is 151 Å². The van der Waals surface area contributed by atoms with Crippen molar-refractivity contribution in [1.29, 1.82) is 0 Å². The highest BCUT2D eigenvalue weighted by atomic mass is 19.1. The zero-order valence-electron chi connectivity index (χ0n) is 24.1. The van der Waals surface area contributed by atoms with Crippen LogP contribution in [0.1, 0.15) is 66.0 Å². The van der Waals surface area contributed by atoms with E-state index in [2.05, 4.69) is 25.5 Å². The Kier molecular flexibility index (Phi) is 6.63. The van der Waals surface area contributed by atoms with Gasteiger partial charge in [-0.2, -0.15) is 0 Å². The van der Waals surface area contributed by atoms with Gasteiger partial charge in [0.2, 0.25) is 0 Å². The molecule has 13 nitrogen and oxygen atoms in total. The molecule has 0 bridgehead atoms. The lowest BCUT2D eigenvalue weighted by Crippen LogP contribution is -2.56. The molecule has 0 atom stereocenters. The highest BCUT2D eigenvalue weighted by Crippen LogP contribution is 2.43. The van der Waals surface area contributed by atoms with Crippen molar-refractivity contribution in [3.63, 3.8) is 0 Å². The highest BCUT2D eigenvalue weighted by Gasteiger charge is 2.40.